The van der Waals surface area contributed by atoms with Gasteiger partial charge in [0.2, 0.25) is 0 Å². The second-order valence-corrected chi connectivity index (χ2v) is 8.12. The first kappa shape index (κ1) is 22.4. The summed E-state index contributed by atoms with van der Waals surface area (Å²) < 4.78 is 0. The van der Waals surface area contributed by atoms with Crippen molar-refractivity contribution < 1.29 is 0 Å². The predicted octanol–water partition coefficient (Wildman–Crippen LogP) is 4.03. The number of halogens is 1. The number of para-hydroxylation sites is 1. The highest BCUT2D eigenvalue weighted by Crippen LogP contribution is 2.23. The lowest BCUT2D eigenvalue weighted by Gasteiger charge is -2.25. The van der Waals surface area contributed by atoms with E-state index in [1.54, 1.807) is 0 Å². The maximum absolute atomic E-state index is 4.98. The molecule has 0 spiro atoms. The number of H-pyrrole nitrogens is 1. The van der Waals surface area contributed by atoms with E-state index in [2.05, 4.69) is 58.3 Å². The molecule has 2 N–H and O–H groups in total. The van der Waals surface area contributed by atoms with Crippen molar-refractivity contribution in [3.8, 4) is 0 Å². The molecule has 160 valence electrons. The van der Waals surface area contributed by atoms with Crippen LogP contribution in [0.3, 0.4) is 0 Å². The van der Waals surface area contributed by atoms with Crippen LogP contribution in [-0.4, -0.2) is 66.1 Å². The molecule has 5 nitrogen and oxygen atoms in total. The quantitative estimate of drug-likeness (QED) is 0.351. The summed E-state index contributed by atoms with van der Waals surface area (Å²) in [6.07, 6.45) is 8.22. The van der Waals surface area contributed by atoms with Gasteiger partial charge in [-0.05, 0) is 63.2 Å². The molecule has 1 aromatic carbocycles. The SMILES string of the molecule is CCNC(=NCCc1c[nH]c2c(CC)cccc12)N1CCC(N2CCCC2)C1.I. The van der Waals surface area contributed by atoms with Crippen LogP contribution in [0.15, 0.2) is 29.4 Å². The molecule has 1 unspecified atom stereocenters. The van der Waals surface area contributed by atoms with E-state index in [4.69, 9.17) is 4.99 Å². The normalized spacial score (nSPS) is 20.4. The van der Waals surface area contributed by atoms with E-state index in [9.17, 15) is 0 Å². The minimum atomic E-state index is 0. The van der Waals surface area contributed by atoms with Crippen molar-refractivity contribution in [2.24, 2.45) is 4.99 Å². The molecule has 1 atom stereocenters. The topological polar surface area (TPSA) is 46.7 Å². The average Bonchev–Trinajstić information content (AvgIpc) is 3.47. The van der Waals surface area contributed by atoms with Crippen LogP contribution in [0.5, 0.6) is 0 Å². The van der Waals surface area contributed by atoms with Crippen LogP contribution in [0.25, 0.3) is 10.9 Å². The first-order valence-corrected chi connectivity index (χ1v) is 11.1. The highest BCUT2D eigenvalue weighted by Gasteiger charge is 2.30. The van der Waals surface area contributed by atoms with Crippen molar-refractivity contribution in [1.29, 1.82) is 0 Å². The summed E-state index contributed by atoms with van der Waals surface area (Å²) in [7, 11) is 0. The molecular weight excluding hydrogens is 473 g/mol. The van der Waals surface area contributed by atoms with Gasteiger partial charge in [0.25, 0.3) is 0 Å². The third-order valence-electron chi connectivity index (χ3n) is 6.37. The molecule has 0 aliphatic carbocycles. The number of aromatic amines is 1. The number of likely N-dealkylation sites (tertiary alicyclic amines) is 2. The van der Waals surface area contributed by atoms with E-state index < -0.39 is 0 Å². The van der Waals surface area contributed by atoms with Crippen molar-refractivity contribution in [3.05, 3.63) is 35.5 Å². The molecule has 3 heterocycles. The largest absolute Gasteiger partial charge is 0.361 e. The van der Waals surface area contributed by atoms with E-state index in [0.717, 1.165) is 45.0 Å². The van der Waals surface area contributed by atoms with E-state index in [0.29, 0.717) is 6.04 Å². The van der Waals surface area contributed by atoms with Crippen LogP contribution < -0.4 is 5.32 Å². The van der Waals surface area contributed by atoms with Gasteiger partial charge < -0.3 is 15.2 Å². The smallest absolute Gasteiger partial charge is 0.193 e. The highest BCUT2D eigenvalue weighted by atomic mass is 127. The van der Waals surface area contributed by atoms with Crippen molar-refractivity contribution in [2.45, 2.75) is 52.0 Å². The Morgan fingerprint density at radius 2 is 2.00 bits per heavy atom. The van der Waals surface area contributed by atoms with Gasteiger partial charge in [-0.3, -0.25) is 9.89 Å². The first-order chi connectivity index (χ1) is 13.8. The molecule has 4 rings (SSSR count). The van der Waals surface area contributed by atoms with Gasteiger partial charge in [-0.2, -0.15) is 0 Å². The molecule has 2 fully saturated rings. The molecule has 29 heavy (non-hydrogen) atoms. The van der Waals surface area contributed by atoms with Crippen LogP contribution in [0.1, 0.15) is 44.2 Å². The van der Waals surface area contributed by atoms with Crippen LogP contribution in [-0.2, 0) is 12.8 Å². The number of hydrogen-bond acceptors (Lipinski definition) is 2. The molecule has 0 radical (unpaired) electrons. The van der Waals surface area contributed by atoms with Crippen LogP contribution >= 0.6 is 24.0 Å². The Bertz CT molecular complexity index is 809. The minimum Gasteiger partial charge on any atom is -0.361 e. The molecule has 0 bridgehead atoms. The number of aromatic nitrogens is 1. The number of aliphatic imine (C=N–C) groups is 1. The number of nitrogens with zero attached hydrogens (tertiary/aromatic N) is 3. The lowest BCUT2D eigenvalue weighted by molar-refractivity contribution is 0.249. The van der Waals surface area contributed by atoms with Crippen molar-refractivity contribution in [1.82, 2.24) is 20.1 Å². The van der Waals surface area contributed by atoms with E-state index in [-0.39, 0.29) is 24.0 Å². The minimum absolute atomic E-state index is 0. The average molecular weight is 509 g/mol. The monoisotopic (exact) mass is 509 g/mol. The van der Waals surface area contributed by atoms with Gasteiger partial charge in [-0.15, -0.1) is 24.0 Å². The highest BCUT2D eigenvalue weighted by molar-refractivity contribution is 14.0. The number of hydrogen-bond donors (Lipinski definition) is 2. The van der Waals surface area contributed by atoms with Gasteiger partial charge in [0.05, 0.1) is 0 Å². The summed E-state index contributed by atoms with van der Waals surface area (Å²) in [4.78, 5) is 13.6. The number of aryl methyl sites for hydroxylation is 1. The van der Waals surface area contributed by atoms with Gasteiger partial charge >= 0.3 is 0 Å². The maximum atomic E-state index is 4.98. The fourth-order valence-electron chi connectivity index (χ4n) is 4.82. The van der Waals surface area contributed by atoms with Gasteiger partial charge in [0.1, 0.15) is 0 Å². The zero-order chi connectivity index (χ0) is 19.3. The Balaban J connectivity index is 0.00000240. The number of benzene rings is 1. The Kier molecular flexibility index (Phi) is 8.24. The van der Waals surface area contributed by atoms with Crippen LogP contribution in [0, 0.1) is 0 Å². The molecule has 2 aromatic rings. The lowest BCUT2D eigenvalue weighted by Crippen LogP contribution is -2.42. The molecular formula is C23H36IN5. The van der Waals surface area contributed by atoms with E-state index in [1.807, 2.05) is 0 Å². The fourth-order valence-corrected chi connectivity index (χ4v) is 4.82. The number of fused-ring (bicyclic) bond motifs is 1. The molecule has 0 amide bonds. The first-order valence-electron chi connectivity index (χ1n) is 11.1. The Morgan fingerprint density at radius 1 is 1.17 bits per heavy atom. The Labute approximate surface area is 192 Å². The zero-order valence-electron chi connectivity index (χ0n) is 17.9. The summed E-state index contributed by atoms with van der Waals surface area (Å²) in [5.41, 5.74) is 4.07. The standard InChI is InChI=1S/C23H35N5.HI/c1-3-18-8-7-9-21-19(16-26-22(18)21)10-12-25-23(24-4-2)28-15-11-20(17-28)27-13-5-6-14-27;/h7-9,16,20,26H,3-6,10-15,17H2,1-2H3,(H,24,25);1H. The van der Waals surface area contributed by atoms with Crippen molar-refractivity contribution in [2.75, 3.05) is 39.3 Å². The van der Waals surface area contributed by atoms with Gasteiger partial charge in [0, 0.05) is 49.3 Å². The molecule has 2 saturated heterocycles. The molecule has 1 aromatic heterocycles. The molecule has 0 saturated carbocycles. The van der Waals surface area contributed by atoms with Gasteiger partial charge in [-0.1, -0.05) is 25.1 Å². The predicted molar refractivity (Wildman–Crippen MR) is 134 cm³/mol. The number of rotatable bonds is 6. The lowest BCUT2D eigenvalue weighted by atomic mass is 10.1. The number of guanidine groups is 1. The Hall–Kier alpha value is -1.28. The van der Waals surface area contributed by atoms with Crippen LogP contribution in [0.4, 0.5) is 0 Å². The van der Waals surface area contributed by atoms with E-state index in [1.165, 1.54) is 54.4 Å². The van der Waals surface area contributed by atoms with Crippen molar-refractivity contribution in [3.63, 3.8) is 0 Å². The second-order valence-electron chi connectivity index (χ2n) is 8.12. The summed E-state index contributed by atoms with van der Waals surface area (Å²) in [6, 6.07) is 7.34. The summed E-state index contributed by atoms with van der Waals surface area (Å²) in [6.45, 7) is 11.0. The molecule has 2 aliphatic heterocycles. The zero-order valence-corrected chi connectivity index (χ0v) is 20.2. The fraction of sp³-hybridized carbons (Fsp3) is 0.609. The van der Waals surface area contributed by atoms with Gasteiger partial charge in [-0.25, -0.2) is 0 Å². The number of nitrogens with one attached hydrogen (secondary N) is 2. The third kappa shape index (κ3) is 5.08. The Morgan fingerprint density at radius 3 is 2.76 bits per heavy atom. The second kappa shape index (κ2) is 10.7. The molecule has 6 heteroatoms. The summed E-state index contributed by atoms with van der Waals surface area (Å²) in [5.74, 6) is 1.10. The van der Waals surface area contributed by atoms with Crippen LogP contribution in [0.2, 0.25) is 0 Å². The summed E-state index contributed by atoms with van der Waals surface area (Å²) in [5, 5.41) is 4.88. The third-order valence-corrected chi connectivity index (χ3v) is 6.37. The maximum Gasteiger partial charge on any atom is 0.193 e. The van der Waals surface area contributed by atoms with Gasteiger partial charge in [0.15, 0.2) is 5.96 Å². The van der Waals surface area contributed by atoms with Crippen molar-refractivity contribution >= 4 is 40.8 Å². The van der Waals surface area contributed by atoms with E-state index >= 15 is 0 Å². The molecule has 2 aliphatic rings. The summed E-state index contributed by atoms with van der Waals surface area (Å²) >= 11 is 0.